The highest BCUT2D eigenvalue weighted by molar-refractivity contribution is 6.30. The van der Waals surface area contributed by atoms with Crippen LogP contribution in [0.5, 0.6) is 0 Å². The molecule has 0 radical (unpaired) electrons. The van der Waals surface area contributed by atoms with Crippen LogP contribution < -0.4 is 0 Å². The van der Waals surface area contributed by atoms with Gasteiger partial charge in [-0.15, -0.1) is 0 Å². The first-order chi connectivity index (χ1) is 9.94. The van der Waals surface area contributed by atoms with Gasteiger partial charge in [0.15, 0.2) is 0 Å². The van der Waals surface area contributed by atoms with Crippen LogP contribution in [0.1, 0.15) is 40.0 Å². The number of halogens is 1. The molecule has 2 aliphatic carbocycles. The van der Waals surface area contributed by atoms with Gasteiger partial charge in [0, 0.05) is 34.9 Å². The second-order valence-corrected chi connectivity index (χ2v) is 7.67. The second-order valence-electron chi connectivity index (χ2n) is 7.18. The van der Waals surface area contributed by atoms with Gasteiger partial charge in [0.2, 0.25) is 0 Å². The number of fused-ring (bicyclic) bond motifs is 1. The van der Waals surface area contributed by atoms with Gasteiger partial charge in [-0.05, 0) is 49.3 Å². The molecule has 0 saturated heterocycles. The van der Waals surface area contributed by atoms with Crippen molar-refractivity contribution in [2.75, 3.05) is 13.6 Å². The zero-order valence-electron chi connectivity index (χ0n) is 13.3. The number of hydrogen-bond acceptors (Lipinski definition) is 2. The summed E-state index contributed by atoms with van der Waals surface area (Å²) < 4.78 is 0. The molecule has 4 rings (SSSR count). The van der Waals surface area contributed by atoms with Gasteiger partial charge in [0.25, 0.3) is 0 Å². The van der Waals surface area contributed by atoms with E-state index in [1.54, 1.807) is 16.8 Å². The highest BCUT2D eigenvalue weighted by atomic mass is 35.5. The number of hydrogen-bond donors (Lipinski definition) is 0. The molecule has 3 heteroatoms. The van der Waals surface area contributed by atoms with E-state index in [0.29, 0.717) is 18.5 Å². The first-order valence-electron chi connectivity index (χ1n) is 8.01. The molecular weight excluding hydrogens is 280 g/mol. The monoisotopic (exact) mass is 302 g/mol. The predicted molar refractivity (Wildman–Crippen MR) is 88.6 cm³/mol. The van der Waals surface area contributed by atoms with Crippen LogP contribution in [-0.2, 0) is 0 Å². The van der Waals surface area contributed by atoms with E-state index in [2.05, 4.69) is 38.8 Å². The Hall–Kier alpha value is -1.02. The van der Waals surface area contributed by atoms with Crippen LogP contribution in [-0.4, -0.2) is 30.2 Å². The van der Waals surface area contributed by atoms with Crippen molar-refractivity contribution in [3.8, 4) is 0 Å². The van der Waals surface area contributed by atoms with Gasteiger partial charge in [-0.3, -0.25) is 4.99 Å². The average Bonchev–Trinajstić information content (AvgIpc) is 2.77. The molecule has 0 fully saturated rings. The number of nitrogens with zero attached hydrogens (tertiary/aromatic N) is 2. The smallest absolute Gasteiger partial charge is 0.0746 e. The van der Waals surface area contributed by atoms with Gasteiger partial charge in [-0.25, -0.2) is 0 Å². The molecule has 3 unspecified atom stereocenters. The number of likely N-dealkylation sites (tertiary alicyclic amines) is 1. The van der Waals surface area contributed by atoms with Crippen molar-refractivity contribution >= 4 is 17.3 Å². The molecule has 0 spiro atoms. The minimum atomic E-state index is 0.0794. The van der Waals surface area contributed by atoms with E-state index in [0.717, 1.165) is 11.5 Å². The summed E-state index contributed by atoms with van der Waals surface area (Å²) in [7, 11) is 2.28. The molecule has 2 nitrogen and oxygen atoms in total. The molecule has 0 N–H and O–H groups in total. The summed E-state index contributed by atoms with van der Waals surface area (Å²) in [4.78, 5) is 7.37. The van der Waals surface area contributed by atoms with Crippen molar-refractivity contribution in [2.45, 2.75) is 46.1 Å². The van der Waals surface area contributed by atoms with Gasteiger partial charge >= 0.3 is 0 Å². The SMILES string of the molecule is C/C1=N/C/C(Cl)=C\C2=C3CCC4=C2CC(C(C)C31C)N4C. The maximum atomic E-state index is 6.43. The Balaban J connectivity index is 2.07. The molecule has 0 saturated carbocycles. The van der Waals surface area contributed by atoms with Crippen molar-refractivity contribution in [3.05, 3.63) is 33.5 Å². The number of aliphatic imine (C=N–C) groups is 1. The quantitative estimate of drug-likeness (QED) is 0.652. The van der Waals surface area contributed by atoms with Gasteiger partial charge < -0.3 is 4.90 Å². The molecule has 3 atom stereocenters. The molecule has 4 aliphatic rings. The minimum Gasteiger partial charge on any atom is -0.374 e. The zero-order valence-corrected chi connectivity index (χ0v) is 14.1. The van der Waals surface area contributed by atoms with Crippen molar-refractivity contribution in [3.63, 3.8) is 0 Å². The largest absolute Gasteiger partial charge is 0.374 e. The maximum Gasteiger partial charge on any atom is 0.0746 e. The molecule has 21 heavy (non-hydrogen) atoms. The zero-order chi connectivity index (χ0) is 14.9. The first-order valence-corrected chi connectivity index (χ1v) is 8.38. The third-order valence-corrected chi connectivity index (χ3v) is 6.81. The molecule has 2 heterocycles. The lowest BCUT2D eigenvalue weighted by atomic mass is 9.63. The Morgan fingerprint density at radius 1 is 1.38 bits per heavy atom. The van der Waals surface area contributed by atoms with Gasteiger partial charge in [0.05, 0.1) is 6.54 Å². The summed E-state index contributed by atoms with van der Waals surface area (Å²) in [5.41, 5.74) is 7.49. The van der Waals surface area contributed by atoms with Crippen LogP contribution in [0.15, 0.2) is 38.5 Å². The lowest BCUT2D eigenvalue weighted by Gasteiger charge is -2.47. The van der Waals surface area contributed by atoms with Crippen LogP contribution in [0, 0.1) is 11.3 Å². The Bertz CT molecular complexity index is 652. The molecule has 112 valence electrons. The topological polar surface area (TPSA) is 15.6 Å². The molecule has 0 aromatic carbocycles. The maximum absolute atomic E-state index is 6.43. The van der Waals surface area contributed by atoms with E-state index in [4.69, 9.17) is 16.6 Å². The number of rotatable bonds is 0. The van der Waals surface area contributed by atoms with Crippen LogP contribution in [0.4, 0.5) is 0 Å². The highest BCUT2D eigenvalue weighted by Gasteiger charge is 2.51. The number of allylic oxidation sites excluding steroid dienone is 4. The summed E-state index contributed by atoms with van der Waals surface area (Å²) in [6, 6.07) is 0.600. The van der Waals surface area contributed by atoms with E-state index >= 15 is 0 Å². The molecule has 0 amide bonds. The molecule has 2 aliphatic heterocycles. The second kappa shape index (κ2) is 4.25. The van der Waals surface area contributed by atoms with Crippen LogP contribution >= 0.6 is 11.6 Å². The minimum absolute atomic E-state index is 0.0794. The van der Waals surface area contributed by atoms with Crippen molar-refractivity contribution in [2.24, 2.45) is 16.3 Å². The van der Waals surface area contributed by atoms with Gasteiger partial charge in [-0.1, -0.05) is 31.0 Å². The summed E-state index contributed by atoms with van der Waals surface area (Å²) in [6.45, 7) is 7.68. The third kappa shape index (κ3) is 1.57. The van der Waals surface area contributed by atoms with Crippen LogP contribution in [0.3, 0.4) is 0 Å². The summed E-state index contributed by atoms with van der Waals surface area (Å²) in [5.74, 6) is 0.580. The fraction of sp³-hybridized carbons (Fsp3) is 0.611. The van der Waals surface area contributed by atoms with E-state index in [1.807, 2.05) is 0 Å². The summed E-state index contributed by atoms with van der Waals surface area (Å²) in [6.07, 6.45) is 5.73. The van der Waals surface area contributed by atoms with Crippen LogP contribution in [0.2, 0.25) is 0 Å². The Morgan fingerprint density at radius 2 is 2.14 bits per heavy atom. The summed E-state index contributed by atoms with van der Waals surface area (Å²) in [5, 5.41) is 0.873. The summed E-state index contributed by atoms with van der Waals surface area (Å²) >= 11 is 6.43. The van der Waals surface area contributed by atoms with Gasteiger partial charge in [0.1, 0.15) is 0 Å². The Morgan fingerprint density at radius 3 is 2.90 bits per heavy atom. The predicted octanol–water partition coefficient (Wildman–Crippen LogP) is 4.29. The fourth-order valence-corrected chi connectivity index (χ4v) is 5.19. The van der Waals surface area contributed by atoms with E-state index in [1.165, 1.54) is 24.1 Å². The lowest BCUT2D eigenvalue weighted by molar-refractivity contribution is 0.172. The van der Waals surface area contributed by atoms with Crippen molar-refractivity contribution < 1.29 is 0 Å². The van der Waals surface area contributed by atoms with E-state index in [9.17, 15) is 0 Å². The third-order valence-electron chi connectivity index (χ3n) is 6.58. The van der Waals surface area contributed by atoms with Crippen LogP contribution in [0.25, 0.3) is 0 Å². The Kier molecular flexibility index (Phi) is 2.76. The van der Waals surface area contributed by atoms with Crippen molar-refractivity contribution in [1.82, 2.24) is 4.90 Å². The molecular formula is C18H23ClN2. The van der Waals surface area contributed by atoms with Crippen molar-refractivity contribution in [1.29, 1.82) is 0 Å². The fourth-order valence-electron chi connectivity index (χ4n) is 5.02. The molecule has 0 aromatic heterocycles. The van der Waals surface area contributed by atoms with E-state index < -0.39 is 0 Å². The average molecular weight is 303 g/mol. The molecule has 5 bridgehead atoms. The first kappa shape index (κ1) is 13.6. The lowest BCUT2D eigenvalue weighted by Crippen LogP contribution is -2.47. The normalized spacial score (nSPS) is 43.2. The van der Waals surface area contributed by atoms with E-state index in [-0.39, 0.29) is 5.41 Å². The Labute approximate surface area is 132 Å². The standard InChI is InChI=1S/C18H23ClN2/c1-10-17-8-14-13-7-12(19)9-20-11(2)18(10,3)15(13)5-6-16(14)21(17)4/h7,10,17H,5-6,8-9H2,1-4H3/b12-7+,20-11-. The highest BCUT2D eigenvalue weighted by Crippen LogP contribution is 2.57. The van der Waals surface area contributed by atoms with Gasteiger partial charge in [-0.2, -0.15) is 0 Å². The molecule has 0 aromatic rings.